The number of aryl methyl sites for hydroxylation is 2. The lowest BCUT2D eigenvalue weighted by atomic mass is 10.1. The first-order chi connectivity index (χ1) is 11.3. The molecular weight excluding hydrogens is 288 g/mol. The molecule has 2 aromatic rings. The van der Waals surface area contributed by atoms with E-state index in [-0.39, 0.29) is 6.61 Å². The number of aliphatic hydroxyl groups excluding tert-OH is 1. The summed E-state index contributed by atoms with van der Waals surface area (Å²) in [6.45, 7) is 6.33. The van der Waals surface area contributed by atoms with Crippen LogP contribution in [0.4, 0.5) is 0 Å². The SMILES string of the molecule is Cc1ccc(CCc2c(CO)nnn2CCN2CCCC2)cc1. The molecule has 0 atom stereocenters. The first-order valence-corrected chi connectivity index (χ1v) is 8.56. The second kappa shape index (κ2) is 7.70. The molecule has 0 amide bonds. The zero-order valence-electron chi connectivity index (χ0n) is 13.9. The van der Waals surface area contributed by atoms with Gasteiger partial charge in [-0.1, -0.05) is 35.0 Å². The van der Waals surface area contributed by atoms with Gasteiger partial charge in [-0.2, -0.15) is 0 Å². The molecule has 1 aliphatic rings. The highest BCUT2D eigenvalue weighted by molar-refractivity contribution is 5.22. The molecule has 3 rings (SSSR count). The summed E-state index contributed by atoms with van der Waals surface area (Å²) in [4.78, 5) is 2.48. The maximum atomic E-state index is 9.52. The van der Waals surface area contributed by atoms with Crippen LogP contribution in [0.1, 0.15) is 35.4 Å². The van der Waals surface area contributed by atoms with Crippen molar-refractivity contribution in [2.75, 3.05) is 19.6 Å². The summed E-state index contributed by atoms with van der Waals surface area (Å²) in [5.74, 6) is 0. The fourth-order valence-electron chi connectivity index (χ4n) is 3.20. The van der Waals surface area contributed by atoms with E-state index >= 15 is 0 Å². The van der Waals surface area contributed by atoms with E-state index in [0.717, 1.165) is 37.3 Å². The van der Waals surface area contributed by atoms with Gasteiger partial charge < -0.3 is 10.0 Å². The van der Waals surface area contributed by atoms with Crippen LogP contribution in [0.3, 0.4) is 0 Å². The Hall–Kier alpha value is -1.72. The lowest BCUT2D eigenvalue weighted by molar-refractivity contribution is 0.275. The quantitative estimate of drug-likeness (QED) is 0.849. The molecule has 1 aromatic carbocycles. The number of aliphatic hydroxyl groups is 1. The number of nitrogens with zero attached hydrogens (tertiary/aromatic N) is 4. The van der Waals surface area contributed by atoms with Crippen molar-refractivity contribution in [3.05, 3.63) is 46.8 Å². The van der Waals surface area contributed by atoms with E-state index in [9.17, 15) is 5.11 Å². The molecule has 1 fully saturated rings. The van der Waals surface area contributed by atoms with Gasteiger partial charge in [0, 0.05) is 6.54 Å². The Bertz CT molecular complexity index is 614. The Balaban J connectivity index is 1.64. The molecule has 0 spiro atoms. The number of benzene rings is 1. The van der Waals surface area contributed by atoms with Gasteiger partial charge in [0.05, 0.1) is 18.8 Å². The van der Waals surface area contributed by atoms with Crippen molar-refractivity contribution < 1.29 is 5.11 Å². The van der Waals surface area contributed by atoms with Crippen molar-refractivity contribution in [1.82, 2.24) is 19.9 Å². The number of likely N-dealkylation sites (tertiary alicyclic amines) is 1. The molecule has 5 heteroatoms. The van der Waals surface area contributed by atoms with Crippen LogP contribution >= 0.6 is 0 Å². The Morgan fingerprint density at radius 1 is 1.04 bits per heavy atom. The fraction of sp³-hybridized carbons (Fsp3) is 0.556. The molecule has 23 heavy (non-hydrogen) atoms. The molecule has 0 unspecified atom stereocenters. The maximum Gasteiger partial charge on any atom is 0.111 e. The predicted molar refractivity (Wildman–Crippen MR) is 90.2 cm³/mol. The van der Waals surface area contributed by atoms with Gasteiger partial charge in [-0.05, 0) is 51.3 Å². The number of rotatable bonds is 7. The first-order valence-electron chi connectivity index (χ1n) is 8.56. The van der Waals surface area contributed by atoms with Gasteiger partial charge in [-0.3, -0.25) is 0 Å². The lowest BCUT2D eigenvalue weighted by Gasteiger charge is -2.15. The molecule has 0 radical (unpaired) electrons. The summed E-state index contributed by atoms with van der Waals surface area (Å²) < 4.78 is 1.98. The van der Waals surface area contributed by atoms with Gasteiger partial charge in [0.25, 0.3) is 0 Å². The van der Waals surface area contributed by atoms with E-state index in [0.29, 0.717) is 0 Å². The first kappa shape index (κ1) is 16.1. The third-order valence-corrected chi connectivity index (χ3v) is 4.67. The minimum atomic E-state index is -0.0348. The minimum Gasteiger partial charge on any atom is -0.390 e. The van der Waals surface area contributed by atoms with Crippen LogP contribution in [0.5, 0.6) is 0 Å². The molecule has 1 aliphatic heterocycles. The van der Waals surface area contributed by atoms with Gasteiger partial charge in [0.15, 0.2) is 0 Å². The van der Waals surface area contributed by atoms with Crippen LogP contribution in [0.25, 0.3) is 0 Å². The summed E-state index contributed by atoms with van der Waals surface area (Å²) >= 11 is 0. The van der Waals surface area contributed by atoms with Crippen LogP contribution < -0.4 is 0 Å². The van der Waals surface area contributed by atoms with E-state index in [1.54, 1.807) is 0 Å². The molecule has 124 valence electrons. The van der Waals surface area contributed by atoms with E-state index < -0.39 is 0 Å². The normalized spacial score (nSPS) is 15.4. The van der Waals surface area contributed by atoms with Gasteiger partial charge in [0.1, 0.15) is 5.69 Å². The molecule has 1 aromatic heterocycles. The standard InChI is InChI=1S/C18H26N4O/c1-15-4-6-16(7-5-15)8-9-18-17(14-23)19-20-22(18)13-12-21-10-2-3-11-21/h4-7,23H,2-3,8-14H2,1H3. The van der Waals surface area contributed by atoms with Crippen molar-refractivity contribution in [2.24, 2.45) is 0 Å². The Kier molecular flexibility index (Phi) is 5.41. The van der Waals surface area contributed by atoms with Crippen LogP contribution in [0, 0.1) is 6.92 Å². The van der Waals surface area contributed by atoms with E-state index in [2.05, 4.69) is 46.4 Å². The molecule has 5 nitrogen and oxygen atoms in total. The number of hydrogen-bond acceptors (Lipinski definition) is 4. The monoisotopic (exact) mass is 314 g/mol. The Labute approximate surface area is 137 Å². The van der Waals surface area contributed by atoms with Gasteiger partial charge >= 0.3 is 0 Å². The number of hydrogen-bond donors (Lipinski definition) is 1. The summed E-state index contributed by atoms with van der Waals surface area (Å²) in [7, 11) is 0. The van der Waals surface area contributed by atoms with Crippen LogP contribution in [-0.2, 0) is 26.0 Å². The smallest absolute Gasteiger partial charge is 0.111 e. The van der Waals surface area contributed by atoms with Crippen molar-refractivity contribution in [3.63, 3.8) is 0 Å². The second-order valence-corrected chi connectivity index (χ2v) is 6.40. The number of aromatic nitrogens is 3. The van der Waals surface area contributed by atoms with Crippen molar-refractivity contribution in [2.45, 2.75) is 45.8 Å². The highest BCUT2D eigenvalue weighted by atomic mass is 16.3. The van der Waals surface area contributed by atoms with E-state index in [1.165, 1.54) is 37.1 Å². The van der Waals surface area contributed by atoms with Crippen LogP contribution in [-0.4, -0.2) is 44.6 Å². The Morgan fingerprint density at radius 3 is 2.48 bits per heavy atom. The predicted octanol–water partition coefficient (Wildman–Crippen LogP) is 1.96. The van der Waals surface area contributed by atoms with E-state index in [1.807, 2.05) is 4.68 Å². The molecule has 0 bridgehead atoms. The Morgan fingerprint density at radius 2 is 1.78 bits per heavy atom. The average Bonchev–Trinajstić information content (AvgIpc) is 3.21. The molecule has 1 N–H and O–H groups in total. The third kappa shape index (κ3) is 4.18. The van der Waals surface area contributed by atoms with Crippen molar-refractivity contribution in [3.8, 4) is 0 Å². The topological polar surface area (TPSA) is 54.2 Å². The van der Waals surface area contributed by atoms with Crippen LogP contribution in [0.15, 0.2) is 24.3 Å². The second-order valence-electron chi connectivity index (χ2n) is 6.40. The highest BCUT2D eigenvalue weighted by Gasteiger charge is 2.15. The summed E-state index contributed by atoms with van der Waals surface area (Å²) in [6.07, 6.45) is 4.43. The minimum absolute atomic E-state index is 0.0348. The average molecular weight is 314 g/mol. The molecular formula is C18H26N4O. The molecule has 2 heterocycles. The maximum absolute atomic E-state index is 9.52. The van der Waals surface area contributed by atoms with Crippen molar-refractivity contribution in [1.29, 1.82) is 0 Å². The molecule has 1 saturated heterocycles. The van der Waals surface area contributed by atoms with E-state index in [4.69, 9.17) is 0 Å². The fourth-order valence-corrected chi connectivity index (χ4v) is 3.20. The summed E-state index contributed by atoms with van der Waals surface area (Å²) in [5, 5.41) is 17.9. The van der Waals surface area contributed by atoms with Gasteiger partial charge in [-0.15, -0.1) is 5.10 Å². The summed E-state index contributed by atoms with van der Waals surface area (Å²) in [6, 6.07) is 8.63. The lowest BCUT2D eigenvalue weighted by Crippen LogP contribution is -2.25. The van der Waals surface area contributed by atoms with Gasteiger partial charge in [0.2, 0.25) is 0 Å². The highest BCUT2D eigenvalue weighted by Crippen LogP contribution is 2.13. The largest absolute Gasteiger partial charge is 0.390 e. The summed E-state index contributed by atoms with van der Waals surface area (Å²) in [5.41, 5.74) is 4.39. The molecule has 0 aliphatic carbocycles. The van der Waals surface area contributed by atoms with Crippen LogP contribution in [0.2, 0.25) is 0 Å². The van der Waals surface area contributed by atoms with Gasteiger partial charge in [-0.25, -0.2) is 4.68 Å². The van der Waals surface area contributed by atoms with Crippen molar-refractivity contribution >= 4 is 0 Å². The zero-order chi connectivity index (χ0) is 16.1. The molecule has 0 saturated carbocycles. The third-order valence-electron chi connectivity index (χ3n) is 4.67. The zero-order valence-corrected chi connectivity index (χ0v) is 13.9.